The van der Waals surface area contributed by atoms with Crippen LogP contribution in [0.25, 0.3) is 10.9 Å². The molecular formula is C14H13N5O2S. The summed E-state index contributed by atoms with van der Waals surface area (Å²) in [6.07, 6.45) is 1.65. The van der Waals surface area contributed by atoms with Gasteiger partial charge < -0.3 is 10.6 Å². The Kier molecular flexibility index (Phi) is 3.84. The van der Waals surface area contributed by atoms with E-state index in [1.165, 1.54) is 11.3 Å². The van der Waals surface area contributed by atoms with Gasteiger partial charge in [-0.2, -0.15) is 5.10 Å². The molecule has 22 heavy (non-hydrogen) atoms. The van der Waals surface area contributed by atoms with Crippen molar-refractivity contribution in [2.24, 2.45) is 0 Å². The Balaban J connectivity index is 1.59. The maximum atomic E-state index is 11.8. The average Bonchev–Trinajstić information content (AvgIpc) is 3.12. The number of anilines is 1. The molecule has 0 atom stereocenters. The monoisotopic (exact) mass is 315 g/mol. The summed E-state index contributed by atoms with van der Waals surface area (Å²) in [5.74, 6) is -1.41. The van der Waals surface area contributed by atoms with E-state index in [1.807, 2.05) is 12.3 Å². The molecule has 0 bridgehead atoms. The number of H-pyrrole nitrogens is 1. The second kappa shape index (κ2) is 5.94. The minimum atomic E-state index is -0.713. The predicted octanol–water partition coefficient (Wildman–Crippen LogP) is 1.58. The van der Waals surface area contributed by atoms with Crippen LogP contribution in [-0.4, -0.2) is 27.0 Å². The number of carbonyl (C=O) groups is 2. The van der Waals surface area contributed by atoms with E-state index in [0.717, 1.165) is 21.6 Å². The van der Waals surface area contributed by atoms with E-state index >= 15 is 0 Å². The first-order valence-electron chi connectivity index (χ1n) is 6.55. The molecule has 7 nitrogen and oxygen atoms in total. The molecule has 1 aromatic carbocycles. The lowest BCUT2D eigenvalue weighted by Crippen LogP contribution is -2.35. The first-order chi connectivity index (χ1) is 10.6. The highest BCUT2D eigenvalue weighted by Crippen LogP contribution is 2.16. The van der Waals surface area contributed by atoms with Gasteiger partial charge in [-0.05, 0) is 25.1 Å². The lowest BCUT2D eigenvalue weighted by molar-refractivity contribution is -0.136. The summed E-state index contributed by atoms with van der Waals surface area (Å²) >= 11 is 1.50. The average molecular weight is 315 g/mol. The third-order valence-electron chi connectivity index (χ3n) is 3.00. The normalized spacial score (nSPS) is 10.6. The Morgan fingerprint density at radius 1 is 1.32 bits per heavy atom. The number of amides is 2. The van der Waals surface area contributed by atoms with Crippen molar-refractivity contribution in [3.8, 4) is 0 Å². The number of aromatic amines is 1. The van der Waals surface area contributed by atoms with E-state index in [0.29, 0.717) is 5.69 Å². The molecule has 112 valence electrons. The summed E-state index contributed by atoms with van der Waals surface area (Å²) in [7, 11) is 0. The third-order valence-corrected chi connectivity index (χ3v) is 3.82. The number of aromatic nitrogens is 3. The molecule has 0 fully saturated rings. The summed E-state index contributed by atoms with van der Waals surface area (Å²) in [6, 6.07) is 5.23. The molecule has 0 saturated carbocycles. The smallest absolute Gasteiger partial charge is 0.313 e. The van der Waals surface area contributed by atoms with Crippen molar-refractivity contribution in [1.29, 1.82) is 0 Å². The maximum absolute atomic E-state index is 11.8. The molecule has 2 aromatic heterocycles. The number of hydrogen-bond donors (Lipinski definition) is 3. The summed E-state index contributed by atoms with van der Waals surface area (Å²) in [5.41, 5.74) is 2.14. The minimum Gasteiger partial charge on any atom is -0.342 e. The van der Waals surface area contributed by atoms with Gasteiger partial charge in [0, 0.05) is 16.5 Å². The zero-order chi connectivity index (χ0) is 15.5. The fraction of sp³-hybridized carbons (Fsp3) is 0.143. The highest BCUT2D eigenvalue weighted by molar-refractivity contribution is 7.09. The summed E-state index contributed by atoms with van der Waals surface area (Å²) < 4.78 is 0. The van der Waals surface area contributed by atoms with Crippen LogP contribution in [0.2, 0.25) is 0 Å². The zero-order valence-electron chi connectivity index (χ0n) is 11.7. The van der Waals surface area contributed by atoms with Gasteiger partial charge in [0.1, 0.15) is 0 Å². The van der Waals surface area contributed by atoms with E-state index in [2.05, 4.69) is 25.8 Å². The molecule has 0 saturated heterocycles. The number of benzene rings is 1. The molecule has 0 unspecified atom stereocenters. The van der Waals surface area contributed by atoms with E-state index in [-0.39, 0.29) is 6.54 Å². The number of rotatable bonds is 3. The van der Waals surface area contributed by atoms with Crippen LogP contribution in [0.3, 0.4) is 0 Å². The van der Waals surface area contributed by atoms with Crippen molar-refractivity contribution >= 4 is 39.7 Å². The highest BCUT2D eigenvalue weighted by Gasteiger charge is 2.14. The molecule has 0 radical (unpaired) electrons. The van der Waals surface area contributed by atoms with E-state index in [1.54, 1.807) is 24.4 Å². The molecule has 3 N–H and O–H groups in total. The van der Waals surface area contributed by atoms with Gasteiger partial charge in [0.05, 0.1) is 29.0 Å². The fourth-order valence-electron chi connectivity index (χ4n) is 1.95. The molecule has 0 aliphatic heterocycles. The van der Waals surface area contributed by atoms with E-state index in [9.17, 15) is 9.59 Å². The van der Waals surface area contributed by atoms with Crippen LogP contribution in [0.5, 0.6) is 0 Å². The van der Waals surface area contributed by atoms with Gasteiger partial charge in [-0.15, -0.1) is 11.3 Å². The molecule has 2 heterocycles. The first kappa shape index (κ1) is 14.2. The minimum absolute atomic E-state index is 0.233. The quantitative estimate of drug-likeness (QED) is 0.639. The number of carbonyl (C=O) groups excluding carboxylic acids is 2. The number of nitrogens with zero attached hydrogens (tertiary/aromatic N) is 2. The zero-order valence-corrected chi connectivity index (χ0v) is 12.5. The lowest BCUT2D eigenvalue weighted by atomic mass is 10.2. The molecule has 3 aromatic rings. The van der Waals surface area contributed by atoms with Crippen molar-refractivity contribution in [3.05, 3.63) is 40.5 Å². The molecule has 0 aliphatic rings. The molecule has 8 heteroatoms. The van der Waals surface area contributed by atoms with Crippen molar-refractivity contribution in [2.75, 3.05) is 5.32 Å². The Bertz CT molecular complexity index is 839. The largest absolute Gasteiger partial charge is 0.342 e. The van der Waals surface area contributed by atoms with Crippen LogP contribution in [0.1, 0.15) is 10.7 Å². The molecular weight excluding hydrogens is 302 g/mol. The Hall–Kier alpha value is -2.74. The van der Waals surface area contributed by atoms with Gasteiger partial charge in [0.25, 0.3) is 0 Å². The number of aryl methyl sites for hydroxylation is 1. The number of fused-ring (bicyclic) bond motifs is 1. The third kappa shape index (κ3) is 3.12. The molecule has 0 spiro atoms. The van der Waals surface area contributed by atoms with Gasteiger partial charge in [-0.25, -0.2) is 4.98 Å². The predicted molar refractivity (Wildman–Crippen MR) is 83.4 cm³/mol. The van der Waals surface area contributed by atoms with Gasteiger partial charge in [0.15, 0.2) is 0 Å². The van der Waals surface area contributed by atoms with Gasteiger partial charge in [0.2, 0.25) is 0 Å². The van der Waals surface area contributed by atoms with Crippen LogP contribution in [0.4, 0.5) is 5.69 Å². The van der Waals surface area contributed by atoms with Crippen molar-refractivity contribution in [2.45, 2.75) is 13.5 Å². The lowest BCUT2D eigenvalue weighted by Gasteiger charge is -2.05. The number of nitrogens with one attached hydrogen (secondary N) is 3. The van der Waals surface area contributed by atoms with Crippen LogP contribution in [0.15, 0.2) is 29.8 Å². The second-order valence-electron chi connectivity index (χ2n) is 4.67. The number of thiazole rings is 1. The Labute approximate surface area is 129 Å². The van der Waals surface area contributed by atoms with Crippen LogP contribution < -0.4 is 10.6 Å². The topological polar surface area (TPSA) is 99.8 Å². The van der Waals surface area contributed by atoms with Crippen LogP contribution in [0, 0.1) is 6.92 Å². The molecule has 0 aliphatic carbocycles. The van der Waals surface area contributed by atoms with Gasteiger partial charge in [-0.1, -0.05) is 0 Å². The fourth-order valence-corrected chi connectivity index (χ4v) is 2.56. The Morgan fingerprint density at radius 2 is 2.18 bits per heavy atom. The van der Waals surface area contributed by atoms with Crippen molar-refractivity contribution < 1.29 is 9.59 Å². The second-order valence-corrected chi connectivity index (χ2v) is 5.73. The van der Waals surface area contributed by atoms with Crippen LogP contribution in [-0.2, 0) is 16.1 Å². The molecule has 3 rings (SSSR count). The Morgan fingerprint density at radius 3 is 2.95 bits per heavy atom. The van der Waals surface area contributed by atoms with E-state index < -0.39 is 11.8 Å². The standard InChI is InChI=1S/C14H13N5O2S/c1-8-17-11(7-22-8)6-15-13(20)14(21)18-10-2-3-12-9(4-10)5-16-19-12/h2-5,7H,6H2,1H3,(H,15,20)(H,16,19)(H,18,21). The van der Waals surface area contributed by atoms with Crippen LogP contribution >= 0.6 is 11.3 Å². The SMILES string of the molecule is Cc1nc(CNC(=O)C(=O)Nc2ccc3[nH]ncc3c2)cs1. The molecule has 2 amide bonds. The van der Waals surface area contributed by atoms with Gasteiger partial charge in [-0.3, -0.25) is 14.7 Å². The van der Waals surface area contributed by atoms with Gasteiger partial charge >= 0.3 is 11.8 Å². The summed E-state index contributed by atoms with van der Waals surface area (Å²) in [4.78, 5) is 27.8. The van der Waals surface area contributed by atoms with E-state index in [4.69, 9.17) is 0 Å². The summed E-state index contributed by atoms with van der Waals surface area (Å²) in [6.45, 7) is 2.12. The maximum Gasteiger partial charge on any atom is 0.313 e. The highest BCUT2D eigenvalue weighted by atomic mass is 32.1. The summed E-state index contributed by atoms with van der Waals surface area (Å²) in [5, 5.41) is 15.4. The van der Waals surface area contributed by atoms with Crippen molar-refractivity contribution in [3.63, 3.8) is 0 Å². The number of hydrogen-bond acceptors (Lipinski definition) is 5. The van der Waals surface area contributed by atoms with Crippen molar-refractivity contribution in [1.82, 2.24) is 20.5 Å². The first-order valence-corrected chi connectivity index (χ1v) is 7.43.